The van der Waals surface area contributed by atoms with Crippen molar-refractivity contribution in [1.82, 2.24) is 5.32 Å². The van der Waals surface area contributed by atoms with Gasteiger partial charge in [0, 0.05) is 11.0 Å². The van der Waals surface area contributed by atoms with E-state index < -0.39 is 12.0 Å². The van der Waals surface area contributed by atoms with Gasteiger partial charge in [0.15, 0.2) is 11.5 Å². The van der Waals surface area contributed by atoms with Crippen LogP contribution in [-0.4, -0.2) is 23.7 Å². The molecule has 0 saturated carbocycles. The quantitative estimate of drug-likeness (QED) is 0.364. The molecule has 164 valence electrons. The van der Waals surface area contributed by atoms with Gasteiger partial charge < -0.3 is 19.9 Å². The summed E-state index contributed by atoms with van der Waals surface area (Å²) >= 11 is 15.6. The second kappa shape index (κ2) is 11.8. The maximum absolute atomic E-state index is 11.5. The molecule has 0 aliphatic rings. The van der Waals surface area contributed by atoms with Crippen LogP contribution in [0.15, 0.2) is 34.8 Å². The molecule has 0 aromatic heterocycles. The van der Waals surface area contributed by atoms with Crippen LogP contribution in [0.4, 0.5) is 0 Å². The Kier molecular flexibility index (Phi) is 9.75. The Labute approximate surface area is 195 Å². The average molecular weight is 519 g/mol. The predicted molar refractivity (Wildman–Crippen MR) is 124 cm³/mol. The van der Waals surface area contributed by atoms with E-state index in [2.05, 4.69) is 21.2 Å². The number of hydrogen-bond acceptors (Lipinski definition) is 4. The summed E-state index contributed by atoms with van der Waals surface area (Å²) in [7, 11) is 0. The lowest BCUT2D eigenvalue weighted by atomic mass is 10.0. The SMILES string of the molecule is CCOc1cc(CNC(CC(C)C)C(=O)O)c(Br)cc1OCc1ccc(Cl)c(Cl)c1. The highest BCUT2D eigenvalue weighted by molar-refractivity contribution is 9.10. The summed E-state index contributed by atoms with van der Waals surface area (Å²) in [5.74, 6) is 0.591. The monoisotopic (exact) mass is 517 g/mol. The van der Waals surface area contributed by atoms with Gasteiger partial charge >= 0.3 is 5.97 Å². The predicted octanol–water partition coefficient (Wildman–Crippen LogP) is 6.32. The molecule has 0 aliphatic heterocycles. The van der Waals surface area contributed by atoms with Gasteiger partial charge in [-0.3, -0.25) is 4.79 Å². The van der Waals surface area contributed by atoms with Crippen LogP contribution < -0.4 is 14.8 Å². The number of aliphatic carboxylic acids is 1. The summed E-state index contributed by atoms with van der Waals surface area (Å²) in [6, 6.07) is 8.42. The number of rotatable bonds is 11. The number of benzene rings is 2. The van der Waals surface area contributed by atoms with Gasteiger partial charge in [-0.15, -0.1) is 0 Å². The molecular weight excluding hydrogens is 493 g/mol. The highest BCUT2D eigenvalue weighted by atomic mass is 79.9. The van der Waals surface area contributed by atoms with E-state index in [1.807, 2.05) is 39.0 Å². The van der Waals surface area contributed by atoms with E-state index in [0.717, 1.165) is 15.6 Å². The van der Waals surface area contributed by atoms with E-state index in [1.165, 1.54) is 0 Å². The molecule has 5 nitrogen and oxygen atoms in total. The topological polar surface area (TPSA) is 67.8 Å². The molecular formula is C22H26BrCl2NO4. The van der Waals surface area contributed by atoms with E-state index >= 15 is 0 Å². The van der Waals surface area contributed by atoms with Crippen molar-refractivity contribution < 1.29 is 19.4 Å². The average Bonchev–Trinajstić information content (AvgIpc) is 2.68. The Bertz CT molecular complexity index is 876. The van der Waals surface area contributed by atoms with Crippen molar-refractivity contribution in [3.63, 3.8) is 0 Å². The van der Waals surface area contributed by atoms with Crippen LogP contribution in [0.3, 0.4) is 0 Å². The third kappa shape index (κ3) is 7.34. The number of halogens is 3. The van der Waals surface area contributed by atoms with Crippen molar-refractivity contribution >= 4 is 45.1 Å². The summed E-state index contributed by atoms with van der Waals surface area (Å²) in [5.41, 5.74) is 1.77. The second-order valence-electron chi connectivity index (χ2n) is 7.26. The molecule has 1 atom stereocenters. The molecule has 0 bridgehead atoms. The van der Waals surface area contributed by atoms with Crippen molar-refractivity contribution in [2.75, 3.05) is 6.61 Å². The van der Waals surface area contributed by atoms with Gasteiger partial charge in [0.25, 0.3) is 0 Å². The zero-order chi connectivity index (χ0) is 22.3. The fraction of sp³-hybridized carbons (Fsp3) is 0.409. The molecule has 0 heterocycles. The number of nitrogens with one attached hydrogen (secondary N) is 1. The standard InChI is InChI=1S/C22H26BrCl2NO4/c1-4-29-20-9-15(11-26-19(22(27)28)7-13(2)3)16(23)10-21(20)30-12-14-5-6-17(24)18(25)8-14/h5-6,8-10,13,19,26H,4,7,11-12H2,1-3H3,(H,27,28). The summed E-state index contributed by atoms with van der Waals surface area (Å²) in [5, 5.41) is 13.5. The van der Waals surface area contributed by atoms with Gasteiger partial charge in [0.1, 0.15) is 12.6 Å². The third-order valence-electron chi connectivity index (χ3n) is 4.34. The van der Waals surface area contributed by atoms with E-state index in [1.54, 1.807) is 12.1 Å². The number of carbonyl (C=O) groups is 1. The van der Waals surface area contributed by atoms with Crippen LogP contribution in [0, 0.1) is 5.92 Å². The minimum Gasteiger partial charge on any atom is -0.490 e. The summed E-state index contributed by atoms with van der Waals surface area (Å²) < 4.78 is 12.5. The van der Waals surface area contributed by atoms with Gasteiger partial charge in [-0.1, -0.05) is 59.0 Å². The Hall–Kier alpha value is -1.47. The van der Waals surface area contributed by atoms with Crippen LogP contribution in [0.25, 0.3) is 0 Å². The zero-order valence-corrected chi connectivity index (χ0v) is 20.3. The van der Waals surface area contributed by atoms with E-state index in [4.69, 9.17) is 32.7 Å². The molecule has 0 aliphatic carbocycles. The fourth-order valence-corrected chi connectivity index (χ4v) is 3.64. The molecule has 2 aromatic rings. The molecule has 8 heteroatoms. The van der Waals surface area contributed by atoms with Crippen molar-refractivity contribution in [3.8, 4) is 11.5 Å². The summed E-state index contributed by atoms with van der Waals surface area (Å²) in [4.78, 5) is 11.5. The molecule has 0 fully saturated rings. The van der Waals surface area contributed by atoms with Crippen LogP contribution in [0.5, 0.6) is 11.5 Å². The first-order valence-corrected chi connectivity index (χ1v) is 11.2. The Morgan fingerprint density at radius 1 is 1.13 bits per heavy atom. The van der Waals surface area contributed by atoms with Gasteiger partial charge in [0.2, 0.25) is 0 Å². The minimum atomic E-state index is -0.855. The van der Waals surface area contributed by atoms with Crippen LogP contribution in [0.1, 0.15) is 38.3 Å². The van der Waals surface area contributed by atoms with Crippen molar-refractivity contribution in [2.45, 2.75) is 46.4 Å². The van der Waals surface area contributed by atoms with Gasteiger partial charge in [0.05, 0.1) is 16.7 Å². The Morgan fingerprint density at radius 3 is 2.43 bits per heavy atom. The van der Waals surface area contributed by atoms with Crippen molar-refractivity contribution in [2.24, 2.45) is 5.92 Å². The number of hydrogen-bond donors (Lipinski definition) is 2. The molecule has 0 saturated heterocycles. The molecule has 1 unspecified atom stereocenters. The highest BCUT2D eigenvalue weighted by Crippen LogP contribution is 2.35. The number of carboxylic acids is 1. The summed E-state index contributed by atoms with van der Waals surface area (Å²) in [6.45, 7) is 7.06. The Morgan fingerprint density at radius 2 is 1.83 bits per heavy atom. The first-order valence-electron chi connectivity index (χ1n) is 9.69. The second-order valence-corrected chi connectivity index (χ2v) is 8.93. The lowest BCUT2D eigenvalue weighted by Crippen LogP contribution is -2.37. The highest BCUT2D eigenvalue weighted by Gasteiger charge is 2.19. The fourth-order valence-electron chi connectivity index (χ4n) is 2.86. The van der Waals surface area contributed by atoms with Crippen LogP contribution >= 0.6 is 39.1 Å². The lowest BCUT2D eigenvalue weighted by Gasteiger charge is -2.19. The molecule has 30 heavy (non-hydrogen) atoms. The maximum atomic E-state index is 11.5. The smallest absolute Gasteiger partial charge is 0.320 e. The van der Waals surface area contributed by atoms with E-state index in [9.17, 15) is 9.90 Å². The molecule has 0 spiro atoms. The zero-order valence-electron chi connectivity index (χ0n) is 17.2. The van der Waals surface area contributed by atoms with E-state index in [0.29, 0.717) is 47.7 Å². The number of carboxylic acid groups (broad SMARTS) is 1. The maximum Gasteiger partial charge on any atom is 0.320 e. The van der Waals surface area contributed by atoms with Gasteiger partial charge in [-0.25, -0.2) is 0 Å². The molecule has 2 rings (SSSR count). The van der Waals surface area contributed by atoms with Crippen molar-refractivity contribution in [3.05, 3.63) is 56.0 Å². The van der Waals surface area contributed by atoms with Gasteiger partial charge in [-0.05, 0) is 54.7 Å². The van der Waals surface area contributed by atoms with E-state index in [-0.39, 0.29) is 5.92 Å². The van der Waals surface area contributed by atoms with Crippen molar-refractivity contribution in [1.29, 1.82) is 0 Å². The largest absolute Gasteiger partial charge is 0.490 e. The first kappa shape index (κ1) is 24.8. The minimum absolute atomic E-state index is 0.276. The molecule has 2 N–H and O–H groups in total. The third-order valence-corrected chi connectivity index (χ3v) is 5.81. The van der Waals surface area contributed by atoms with Crippen LogP contribution in [-0.2, 0) is 17.9 Å². The summed E-state index contributed by atoms with van der Waals surface area (Å²) in [6.07, 6.45) is 0.552. The van der Waals surface area contributed by atoms with Crippen LogP contribution in [0.2, 0.25) is 10.0 Å². The first-order chi connectivity index (χ1) is 14.2. The number of ether oxygens (including phenoxy) is 2. The normalized spacial score (nSPS) is 12.1. The molecule has 2 aromatic carbocycles. The Balaban J connectivity index is 2.15. The molecule has 0 amide bonds. The van der Waals surface area contributed by atoms with Gasteiger partial charge in [-0.2, -0.15) is 0 Å². The lowest BCUT2D eigenvalue weighted by molar-refractivity contribution is -0.140. The molecule has 0 radical (unpaired) electrons.